The van der Waals surface area contributed by atoms with Crippen molar-refractivity contribution in [1.82, 2.24) is 14.7 Å². The molecule has 2 amide bonds. The van der Waals surface area contributed by atoms with Crippen LogP contribution in [0, 0.1) is 19.8 Å². The molecular formula is C22H27N5O2S. The van der Waals surface area contributed by atoms with Crippen LogP contribution in [0.2, 0.25) is 0 Å². The number of nitrogens with zero attached hydrogens (tertiary/aromatic N) is 4. The molecule has 0 radical (unpaired) electrons. The number of rotatable bonds is 6. The molecule has 0 saturated heterocycles. The zero-order valence-corrected chi connectivity index (χ0v) is 18.8. The van der Waals surface area contributed by atoms with Crippen LogP contribution in [0.1, 0.15) is 30.5 Å². The fourth-order valence-electron chi connectivity index (χ4n) is 3.03. The number of carbonyl (C=O) groups excluding carboxylic acids is 2. The van der Waals surface area contributed by atoms with Gasteiger partial charge in [-0.15, -0.1) is 0 Å². The summed E-state index contributed by atoms with van der Waals surface area (Å²) in [6.45, 7) is 8.59. The molecule has 0 atom stereocenters. The van der Waals surface area contributed by atoms with E-state index in [1.165, 1.54) is 11.8 Å². The second kappa shape index (κ2) is 9.30. The van der Waals surface area contributed by atoms with Crippen LogP contribution < -0.4 is 5.32 Å². The molecule has 0 spiro atoms. The molecule has 8 heteroatoms. The van der Waals surface area contributed by atoms with Crippen molar-refractivity contribution in [2.75, 3.05) is 17.6 Å². The first kappa shape index (κ1) is 21.8. The quantitative estimate of drug-likeness (QED) is 0.717. The number of anilines is 1. The van der Waals surface area contributed by atoms with Crippen LogP contribution in [-0.4, -0.2) is 44.0 Å². The minimum absolute atomic E-state index is 0.127. The number of aromatic nitrogens is 2. The van der Waals surface area contributed by atoms with Gasteiger partial charge >= 0.3 is 0 Å². The maximum Gasteiger partial charge on any atom is 0.278 e. The molecule has 158 valence electrons. The van der Waals surface area contributed by atoms with Gasteiger partial charge in [-0.1, -0.05) is 37.7 Å². The number of aryl methyl sites for hydroxylation is 3. The standard InChI is InChI=1S/C22H27N5O2S/c1-14(2)11-27-21(29)19(9-17-10-23-26(5)12-17)25-22(27)30-13-20(28)24-18-8-15(3)6-7-16(18)4/h6-10,12,14H,11,13H2,1-5H3,(H,24,28)/b19-9+. The van der Waals surface area contributed by atoms with Crippen molar-refractivity contribution in [2.24, 2.45) is 18.0 Å². The fourth-order valence-corrected chi connectivity index (χ4v) is 3.83. The molecule has 3 rings (SSSR count). The number of amides is 2. The van der Waals surface area contributed by atoms with Crippen LogP contribution >= 0.6 is 11.8 Å². The average Bonchev–Trinajstić information content (AvgIpc) is 3.21. The maximum atomic E-state index is 12.9. The Balaban J connectivity index is 1.73. The van der Waals surface area contributed by atoms with Gasteiger partial charge in [0.25, 0.3) is 5.91 Å². The Labute approximate surface area is 181 Å². The Hall–Kier alpha value is -2.87. The van der Waals surface area contributed by atoms with Crippen molar-refractivity contribution in [3.05, 3.63) is 53.0 Å². The number of aliphatic imine (C=N–C) groups is 1. The lowest BCUT2D eigenvalue weighted by molar-refractivity contribution is -0.122. The first-order valence-corrected chi connectivity index (χ1v) is 10.8. The normalized spacial score (nSPS) is 15.3. The van der Waals surface area contributed by atoms with Gasteiger partial charge in [0.05, 0.1) is 11.9 Å². The molecule has 30 heavy (non-hydrogen) atoms. The van der Waals surface area contributed by atoms with Crippen LogP contribution in [0.4, 0.5) is 5.69 Å². The van der Waals surface area contributed by atoms with Gasteiger partial charge in [0.15, 0.2) is 5.17 Å². The van der Waals surface area contributed by atoms with E-state index in [-0.39, 0.29) is 23.5 Å². The lowest BCUT2D eigenvalue weighted by Crippen LogP contribution is -2.34. The smallest absolute Gasteiger partial charge is 0.278 e. The molecule has 0 aliphatic carbocycles. The number of hydrogen-bond donors (Lipinski definition) is 1. The Morgan fingerprint density at radius 3 is 2.73 bits per heavy atom. The van der Waals surface area contributed by atoms with Gasteiger partial charge in [-0.25, -0.2) is 4.99 Å². The van der Waals surface area contributed by atoms with Crippen LogP contribution in [-0.2, 0) is 16.6 Å². The molecule has 0 saturated carbocycles. The number of carbonyl (C=O) groups is 2. The average molecular weight is 426 g/mol. The summed E-state index contributed by atoms with van der Waals surface area (Å²) in [5, 5.41) is 7.63. The molecule has 1 aliphatic heterocycles. The number of benzene rings is 1. The number of thioether (sulfide) groups is 1. The largest absolute Gasteiger partial charge is 0.325 e. The molecule has 0 fully saturated rings. The summed E-state index contributed by atoms with van der Waals surface area (Å²) in [6, 6.07) is 5.95. The van der Waals surface area contributed by atoms with E-state index in [0.717, 1.165) is 22.4 Å². The summed E-state index contributed by atoms with van der Waals surface area (Å²) < 4.78 is 1.68. The minimum Gasteiger partial charge on any atom is -0.325 e. The highest BCUT2D eigenvalue weighted by molar-refractivity contribution is 8.14. The highest BCUT2D eigenvalue weighted by Gasteiger charge is 2.31. The fraction of sp³-hybridized carbons (Fsp3) is 0.364. The molecular weight excluding hydrogens is 398 g/mol. The van der Waals surface area contributed by atoms with Crippen LogP contribution in [0.3, 0.4) is 0 Å². The summed E-state index contributed by atoms with van der Waals surface area (Å²) >= 11 is 1.28. The molecule has 7 nitrogen and oxygen atoms in total. The maximum absolute atomic E-state index is 12.9. The van der Waals surface area contributed by atoms with E-state index in [1.807, 2.05) is 59.1 Å². The lowest BCUT2D eigenvalue weighted by Gasteiger charge is -2.19. The zero-order chi connectivity index (χ0) is 21.8. The summed E-state index contributed by atoms with van der Waals surface area (Å²) in [5.41, 5.74) is 4.08. The third-order valence-corrected chi connectivity index (χ3v) is 5.46. The van der Waals surface area contributed by atoms with Gasteiger partial charge in [0.2, 0.25) is 5.91 Å². The Morgan fingerprint density at radius 2 is 2.07 bits per heavy atom. The van der Waals surface area contributed by atoms with Gasteiger partial charge in [-0.3, -0.25) is 19.2 Å². The van der Waals surface area contributed by atoms with E-state index >= 15 is 0 Å². The van der Waals surface area contributed by atoms with E-state index in [0.29, 0.717) is 17.4 Å². The van der Waals surface area contributed by atoms with E-state index in [4.69, 9.17) is 0 Å². The van der Waals surface area contributed by atoms with Gasteiger partial charge in [-0.05, 0) is 43.0 Å². The predicted molar refractivity (Wildman–Crippen MR) is 122 cm³/mol. The number of nitrogens with one attached hydrogen (secondary N) is 1. The monoisotopic (exact) mass is 425 g/mol. The van der Waals surface area contributed by atoms with Crippen molar-refractivity contribution >= 4 is 40.5 Å². The summed E-state index contributed by atoms with van der Waals surface area (Å²) in [7, 11) is 1.82. The highest BCUT2D eigenvalue weighted by Crippen LogP contribution is 2.25. The van der Waals surface area contributed by atoms with Crippen molar-refractivity contribution in [2.45, 2.75) is 27.7 Å². The van der Waals surface area contributed by atoms with Crippen LogP contribution in [0.25, 0.3) is 6.08 Å². The predicted octanol–water partition coefficient (Wildman–Crippen LogP) is 3.60. The Bertz CT molecular complexity index is 1020. The van der Waals surface area contributed by atoms with E-state index in [9.17, 15) is 9.59 Å². The van der Waals surface area contributed by atoms with Crippen molar-refractivity contribution in [1.29, 1.82) is 0 Å². The third kappa shape index (κ3) is 5.38. The minimum atomic E-state index is -0.148. The molecule has 2 aromatic rings. The SMILES string of the molecule is Cc1ccc(C)c(NC(=O)CSC2=N/C(=C/c3cnn(C)c3)C(=O)N2CC(C)C)c1. The second-order valence-corrected chi connectivity index (χ2v) is 8.78. The van der Waals surface area contributed by atoms with Gasteiger partial charge in [-0.2, -0.15) is 5.10 Å². The van der Waals surface area contributed by atoms with Crippen LogP contribution in [0.15, 0.2) is 41.3 Å². The van der Waals surface area contributed by atoms with E-state index in [2.05, 4.69) is 15.4 Å². The van der Waals surface area contributed by atoms with Gasteiger partial charge < -0.3 is 5.32 Å². The molecule has 1 aromatic carbocycles. The molecule has 1 N–H and O–H groups in total. The van der Waals surface area contributed by atoms with Crippen molar-refractivity contribution in [3.63, 3.8) is 0 Å². The van der Waals surface area contributed by atoms with E-state index < -0.39 is 0 Å². The molecule has 0 bridgehead atoms. The number of amidine groups is 1. The zero-order valence-electron chi connectivity index (χ0n) is 18.0. The lowest BCUT2D eigenvalue weighted by atomic mass is 10.1. The second-order valence-electron chi connectivity index (χ2n) is 7.84. The molecule has 1 aromatic heterocycles. The number of hydrogen-bond acceptors (Lipinski definition) is 5. The first-order valence-electron chi connectivity index (χ1n) is 9.83. The van der Waals surface area contributed by atoms with E-state index in [1.54, 1.807) is 21.9 Å². The summed E-state index contributed by atoms with van der Waals surface area (Å²) in [5.74, 6) is 0.179. The van der Waals surface area contributed by atoms with Crippen molar-refractivity contribution < 1.29 is 9.59 Å². The molecule has 2 heterocycles. The molecule has 0 unspecified atom stereocenters. The summed E-state index contributed by atoms with van der Waals surface area (Å²) in [4.78, 5) is 31.6. The first-order chi connectivity index (χ1) is 14.2. The Kier molecular flexibility index (Phi) is 6.77. The molecule has 1 aliphatic rings. The Morgan fingerprint density at radius 1 is 1.30 bits per heavy atom. The topological polar surface area (TPSA) is 79.6 Å². The van der Waals surface area contributed by atoms with Crippen LogP contribution in [0.5, 0.6) is 0 Å². The van der Waals surface area contributed by atoms with Gasteiger partial charge in [0, 0.05) is 31.0 Å². The van der Waals surface area contributed by atoms with Gasteiger partial charge in [0.1, 0.15) is 5.70 Å². The summed E-state index contributed by atoms with van der Waals surface area (Å²) in [6.07, 6.45) is 5.24. The third-order valence-electron chi connectivity index (χ3n) is 4.49. The highest BCUT2D eigenvalue weighted by atomic mass is 32.2. The van der Waals surface area contributed by atoms with Crippen molar-refractivity contribution in [3.8, 4) is 0 Å².